The van der Waals surface area contributed by atoms with Crippen LogP contribution in [0.25, 0.3) is 0 Å². The van der Waals surface area contributed by atoms with E-state index in [0.717, 1.165) is 0 Å². The topological polar surface area (TPSA) is 86.6 Å². The Labute approximate surface area is 67.8 Å². The second-order valence-corrected chi connectivity index (χ2v) is 1.39. The molecule has 0 aromatic carbocycles. The summed E-state index contributed by atoms with van der Waals surface area (Å²) in [6.45, 7) is -0.626. The average Bonchev–Trinajstić information content (AvgIpc) is 1.63. The van der Waals surface area contributed by atoms with E-state index in [1.54, 1.807) is 0 Å². The smallest absolute Gasteiger partial charge is 0.317 e. The number of nitrogens with one attached hydrogen (secondary N) is 1. The first kappa shape index (κ1) is 12.1. The lowest BCUT2D eigenvalue weighted by Gasteiger charge is -1.93. The average molecular weight is 214 g/mol. The second-order valence-electron chi connectivity index (χ2n) is 1.39. The van der Waals surface area contributed by atoms with E-state index in [0.29, 0.717) is 0 Å². The molecule has 0 heterocycles. The molecule has 0 rings (SSSR count). The van der Waals surface area contributed by atoms with Crippen molar-refractivity contribution in [2.75, 3.05) is 13.1 Å². The Kier molecular flexibility index (Phi) is 7.86. The molecule has 0 bridgehead atoms. The van der Waals surface area contributed by atoms with Crippen LogP contribution in [-0.4, -0.2) is 35.2 Å². The van der Waals surface area contributed by atoms with E-state index in [-0.39, 0.29) is 30.1 Å². The standard InChI is InChI=1S/C4H7NO4.BrH/c6-3(7)1-5-2-4(8)9;/h5H,1-2H2,(H,6,7)(H,8,9);1H. The Hall–Kier alpha value is -0.620. The van der Waals surface area contributed by atoms with Gasteiger partial charge in [-0.15, -0.1) is 17.0 Å². The molecule has 0 unspecified atom stereocenters. The number of carboxylic acid groups (broad SMARTS) is 2. The van der Waals surface area contributed by atoms with Gasteiger partial charge < -0.3 is 10.2 Å². The molecule has 0 aliphatic carbocycles. The largest absolute Gasteiger partial charge is 0.480 e. The SMILES string of the molecule is Br.O=C(O)CNCC(=O)O. The molecule has 0 aromatic heterocycles. The summed E-state index contributed by atoms with van der Waals surface area (Å²) in [5.41, 5.74) is 0. The molecule has 0 saturated carbocycles. The fourth-order valence-electron chi connectivity index (χ4n) is 0.276. The molecule has 0 fully saturated rings. The predicted molar refractivity (Wildman–Crippen MR) is 38.5 cm³/mol. The molecular weight excluding hydrogens is 206 g/mol. The first-order valence-corrected chi connectivity index (χ1v) is 2.27. The van der Waals surface area contributed by atoms with Crippen LogP contribution in [0.3, 0.4) is 0 Å². The van der Waals surface area contributed by atoms with Gasteiger partial charge in [-0.1, -0.05) is 0 Å². The summed E-state index contributed by atoms with van der Waals surface area (Å²) in [5, 5.41) is 18.1. The molecule has 0 amide bonds. The summed E-state index contributed by atoms with van der Waals surface area (Å²) >= 11 is 0. The van der Waals surface area contributed by atoms with Gasteiger partial charge in [0.1, 0.15) is 0 Å². The quantitative estimate of drug-likeness (QED) is 0.577. The minimum atomic E-state index is -1.06. The van der Waals surface area contributed by atoms with Gasteiger partial charge in [0.15, 0.2) is 0 Å². The number of aliphatic carboxylic acids is 2. The fourth-order valence-corrected chi connectivity index (χ4v) is 0.276. The van der Waals surface area contributed by atoms with E-state index in [4.69, 9.17) is 10.2 Å². The van der Waals surface area contributed by atoms with Crippen LogP contribution in [0, 0.1) is 0 Å². The van der Waals surface area contributed by atoms with Crippen LogP contribution in [0.5, 0.6) is 0 Å². The molecule has 0 aliphatic rings. The highest BCUT2D eigenvalue weighted by Crippen LogP contribution is 1.61. The maximum atomic E-state index is 9.73. The zero-order chi connectivity index (χ0) is 7.28. The highest BCUT2D eigenvalue weighted by atomic mass is 79.9. The Morgan fingerprint density at radius 2 is 1.40 bits per heavy atom. The number of carbonyl (C=O) groups is 2. The first-order valence-electron chi connectivity index (χ1n) is 2.27. The van der Waals surface area contributed by atoms with Crippen LogP contribution in [-0.2, 0) is 9.59 Å². The van der Waals surface area contributed by atoms with Crippen molar-refractivity contribution in [3.8, 4) is 0 Å². The van der Waals surface area contributed by atoms with Gasteiger partial charge in [0.2, 0.25) is 0 Å². The summed E-state index contributed by atoms with van der Waals surface area (Å²) < 4.78 is 0. The summed E-state index contributed by atoms with van der Waals surface area (Å²) in [7, 11) is 0. The lowest BCUT2D eigenvalue weighted by molar-refractivity contribution is -0.137. The van der Waals surface area contributed by atoms with Crippen molar-refractivity contribution in [3.05, 3.63) is 0 Å². The lowest BCUT2D eigenvalue weighted by atomic mass is 10.6. The Morgan fingerprint density at radius 3 is 1.60 bits per heavy atom. The number of halogens is 1. The molecule has 0 radical (unpaired) electrons. The first-order chi connectivity index (χ1) is 4.13. The number of carboxylic acids is 2. The minimum absolute atomic E-state index is 0. The van der Waals surface area contributed by atoms with Crippen molar-refractivity contribution in [3.63, 3.8) is 0 Å². The third-order valence-corrected chi connectivity index (χ3v) is 0.552. The predicted octanol–water partition coefficient (Wildman–Crippen LogP) is -0.677. The van der Waals surface area contributed by atoms with Gasteiger partial charge in [0.25, 0.3) is 0 Å². The van der Waals surface area contributed by atoms with E-state index in [9.17, 15) is 9.59 Å². The van der Waals surface area contributed by atoms with Crippen molar-refractivity contribution in [2.24, 2.45) is 0 Å². The van der Waals surface area contributed by atoms with Gasteiger partial charge in [-0.25, -0.2) is 0 Å². The van der Waals surface area contributed by atoms with Gasteiger partial charge in [-0.05, 0) is 0 Å². The monoisotopic (exact) mass is 213 g/mol. The third-order valence-electron chi connectivity index (χ3n) is 0.552. The van der Waals surface area contributed by atoms with Gasteiger partial charge in [-0.2, -0.15) is 0 Å². The molecule has 0 saturated heterocycles. The Balaban J connectivity index is 0. The van der Waals surface area contributed by atoms with Crippen LogP contribution >= 0.6 is 17.0 Å². The van der Waals surface area contributed by atoms with Crippen LogP contribution in [0.15, 0.2) is 0 Å². The molecule has 0 spiro atoms. The summed E-state index contributed by atoms with van der Waals surface area (Å²) in [6.07, 6.45) is 0. The number of rotatable bonds is 4. The Bertz CT molecular complexity index is 112. The van der Waals surface area contributed by atoms with Gasteiger partial charge >= 0.3 is 11.9 Å². The highest BCUT2D eigenvalue weighted by Gasteiger charge is 1.97. The molecule has 5 nitrogen and oxygen atoms in total. The molecule has 0 aliphatic heterocycles. The van der Waals surface area contributed by atoms with Crippen molar-refractivity contribution >= 4 is 28.9 Å². The zero-order valence-corrected chi connectivity index (χ0v) is 6.75. The van der Waals surface area contributed by atoms with Crippen molar-refractivity contribution < 1.29 is 19.8 Å². The second kappa shape index (κ2) is 6.50. The molecule has 0 atom stereocenters. The summed E-state index contributed by atoms with van der Waals surface area (Å²) in [4.78, 5) is 19.5. The molecule has 10 heavy (non-hydrogen) atoms. The van der Waals surface area contributed by atoms with Crippen molar-refractivity contribution in [2.45, 2.75) is 0 Å². The number of hydrogen-bond acceptors (Lipinski definition) is 3. The summed E-state index contributed by atoms with van der Waals surface area (Å²) in [6, 6.07) is 0. The fraction of sp³-hybridized carbons (Fsp3) is 0.500. The number of hydrogen-bond donors (Lipinski definition) is 3. The molecular formula is C4H8BrNO4. The van der Waals surface area contributed by atoms with E-state index in [1.807, 2.05) is 0 Å². The third kappa shape index (κ3) is 10.4. The molecule has 60 valence electrons. The van der Waals surface area contributed by atoms with Crippen LogP contribution in [0.2, 0.25) is 0 Å². The van der Waals surface area contributed by atoms with Gasteiger partial charge in [0.05, 0.1) is 13.1 Å². The maximum Gasteiger partial charge on any atom is 0.317 e. The van der Waals surface area contributed by atoms with Gasteiger partial charge in [0, 0.05) is 0 Å². The Morgan fingerprint density at radius 1 is 1.10 bits per heavy atom. The van der Waals surface area contributed by atoms with Crippen molar-refractivity contribution in [1.82, 2.24) is 5.32 Å². The highest BCUT2D eigenvalue weighted by molar-refractivity contribution is 8.93. The minimum Gasteiger partial charge on any atom is -0.480 e. The summed E-state index contributed by atoms with van der Waals surface area (Å²) in [5.74, 6) is -2.12. The normalized spacial score (nSPS) is 8.00. The van der Waals surface area contributed by atoms with Crippen molar-refractivity contribution in [1.29, 1.82) is 0 Å². The van der Waals surface area contributed by atoms with Gasteiger partial charge in [-0.3, -0.25) is 14.9 Å². The maximum absolute atomic E-state index is 9.73. The molecule has 0 aromatic rings. The van der Waals surface area contributed by atoms with Crippen LogP contribution in [0.4, 0.5) is 0 Å². The van der Waals surface area contributed by atoms with E-state index in [2.05, 4.69) is 5.32 Å². The van der Waals surface area contributed by atoms with E-state index in [1.165, 1.54) is 0 Å². The molecule has 6 heteroatoms. The van der Waals surface area contributed by atoms with Crippen LogP contribution in [0.1, 0.15) is 0 Å². The zero-order valence-electron chi connectivity index (χ0n) is 5.03. The van der Waals surface area contributed by atoms with E-state index < -0.39 is 11.9 Å². The van der Waals surface area contributed by atoms with E-state index >= 15 is 0 Å². The lowest BCUT2D eigenvalue weighted by Crippen LogP contribution is -2.27. The van der Waals surface area contributed by atoms with Crippen LogP contribution < -0.4 is 5.32 Å². The molecule has 3 N–H and O–H groups in total.